The predicted molar refractivity (Wildman–Crippen MR) is 130 cm³/mol. The smallest absolute Gasteiger partial charge is 0.262 e. The van der Waals surface area contributed by atoms with E-state index in [1.807, 2.05) is 25.1 Å². The summed E-state index contributed by atoms with van der Waals surface area (Å²) >= 11 is 0. The average Bonchev–Trinajstić information content (AvgIpc) is 2.86. The zero-order chi connectivity index (χ0) is 23.9. The Kier molecular flexibility index (Phi) is 6.68. The van der Waals surface area contributed by atoms with Crippen molar-refractivity contribution in [2.75, 3.05) is 23.0 Å². The van der Waals surface area contributed by atoms with Gasteiger partial charge in [0.1, 0.15) is 11.6 Å². The number of nitrogens with one attached hydrogen (secondary N) is 3. The minimum atomic E-state index is -0.315. The highest BCUT2D eigenvalue weighted by Gasteiger charge is 2.10. The molecule has 0 atom stereocenters. The number of ether oxygens (including phenoxy) is 1. The number of rotatable bonds is 8. The molecule has 34 heavy (non-hydrogen) atoms. The van der Waals surface area contributed by atoms with Crippen molar-refractivity contribution in [3.8, 4) is 17.1 Å². The molecular weight excluding hydrogens is 432 g/mol. The van der Waals surface area contributed by atoms with Gasteiger partial charge in [-0.1, -0.05) is 12.1 Å². The largest absolute Gasteiger partial charge is 0.484 e. The molecule has 0 saturated carbocycles. The summed E-state index contributed by atoms with van der Waals surface area (Å²) in [4.78, 5) is 21.2. The lowest BCUT2D eigenvalue weighted by Gasteiger charge is -2.12. The molecule has 0 spiro atoms. The molecule has 0 bridgehead atoms. The van der Waals surface area contributed by atoms with E-state index in [9.17, 15) is 4.79 Å². The fourth-order valence-electron chi connectivity index (χ4n) is 3.06. The SMILES string of the molecule is Cc1cnc(-c2cccc(OCC(=O)Nc3ccnnc3)c2)nc1Nc1ccc(N)c(C=N)c1. The number of hydrogen-bond donors (Lipinski definition) is 4. The van der Waals surface area contributed by atoms with Gasteiger partial charge in [0.25, 0.3) is 5.91 Å². The number of carbonyl (C=O) groups is 1. The van der Waals surface area contributed by atoms with Gasteiger partial charge >= 0.3 is 0 Å². The quantitative estimate of drug-likeness (QED) is 0.233. The van der Waals surface area contributed by atoms with Crippen molar-refractivity contribution in [1.82, 2.24) is 20.2 Å². The summed E-state index contributed by atoms with van der Waals surface area (Å²) in [6, 6.07) is 14.2. The van der Waals surface area contributed by atoms with Crippen LogP contribution in [0.25, 0.3) is 11.4 Å². The van der Waals surface area contributed by atoms with Gasteiger partial charge in [0.15, 0.2) is 12.4 Å². The first-order chi connectivity index (χ1) is 16.5. The molecule has 4 rings (SSSR count). The molecule has 2 aromatic heterocycles. The molecule has 10 heteroatoms. The molecule has 5 N–H and O–H groups in total. The van der Waals surface area contributed by atoms with Crippen LogP contribution in [0.2, 0.25) is 0 Å². The molecule has 0 aliphatic heterocycles. The van der Waals surface area contributed by atoms with E-state index in [-0.39, 0.29) is 12.5 Å². The number of aromatic nitrogens is 4. The lowest BCUT2D eigenvalue weighted by Crippen LogP contribution is -2.20. The van der Waals surface area contributed by atoms with E-state index in [0.29, 0.717) is 34.3 Å². The number of anilines is 4. The standard InChI is InChI=1S/C24H22N8O2/c1-15-12-27-24(32-23(15)31-18-5-6-21(26)17(9-18)11-25)16-3-2-4-20(10-16)34-14-22(33)30-19-7-8-28-29-13-19/h2-13,25H,14,26H2,1H3,(H,27,31,32)(H,28,30,33). The maximum Gasteiger partial charge on any atom is 0.262 e. The maximum atomic E-state index is 12.1. The molecular formula is C24H22N8O2. The number of benzene rings is 2. The van der Waals surface area contributed by atoms with Crippen molar-refractivity contribution in [3.63, 3.8) is 0 Å². The summed E-state index contributed by atoms with van der Waals surface area (Å²) in [5.41, 5.74) is 9.91. The maximum absolute atomic E-state index is 12.1. The fraction of sp³-hybridized carbons (Fsp3) is 0.0833. The van der Waals surface area contributed by atoms with Crippen molar-refractivity contribution in [3.05, 3.63) is 78.2 Å². The number of nitrogens with two attached hydrogens (primary N) is 1. The highest BCUT2D eigenvalue weighted by Crippen LogP contribution is 2.26. The van der Waals surface area contributed by atoms with Crippen LogP contribution in [-0.2, 0) is 4.79 Å². The zero-order valence-corrected chi connectivity index (χ0v) is 18.3. The van der Waals surface area contributed by atoms with Gasteiger partial charge in [0, 0.05) is 40.5 Å². The second-order valence-electron chi connectivity index (χ2n) is 7.33. The summed E-state index contributed by atoms with van der Waals surface area (Å²) in [7, 11) is 0. The average molecular weight is 454 g/mol. The van der Waals surface area contributed by atoms with Crippen LogP contribution >= 0.6 is 0 Å². The Morgan fingerprint density at radius 1 is 1.12 bits per heavy atom. The van der Waals surface area contributed by atoms with Crippen molar-refractivity contribution in [2.24, 2.45) is 0 Å². The van der Waals surface area contributed by atoms with Crippen LogP contribution in [0.1, 0.15) is 11.1 Å². The van der Waals surface area contributed by atoms with E-state index in [1.165, 1.54) is 18.6 Å². The first-order valence-electron chi connectivity index (χ1n) is 10.3. The van der Waals surface area contributed by atoms with Gasteiger partial charge in [0.2, 0.25) is 0 Å². The third kappa shape index (κ3) is 5.49. The molecule has 1 amide bonds. The molecule has 0 unspecified atom stereocenters. The van der Waals surface area contributed by atoms with Gasteiger partial charge in [-0.25, -0.2) is 9.97 Å². The van der Waals surface area contributed by atoms with E-state index >= 15 is 0 Å². The van der Waals surface area contributed by atoms with Crippen LogP contribution in [0.3, 0.4) is 0 Å². The van der Waals surface area contributed by atoms with Crippen molar-refractivity contribution < 1.29 is 9.53 Å². The minimum absolute atomic E-state index is 0.167. The van der Waals surface area contributed by atoms with Gasteiger partial charge in [0.05, 0.1) is 18.1 Å². The molecule has 0 saturated heterocycles. The Labute approximate surface area is 195 Å². The summed E-state index contributed by atoms with van der Waals surface area (Å²) in [6.45, 7) is 1.73. The number of amides is 1. The summed E-state index contributed by atoms with van der Waals surface area (Å²) in [5, 5.41) is 20.8. The van der Waals surface area contributed by atoms with Crippen LogP contribution in [0.4, 0.5) is 22.9 Å². The summed E-state index contributed by atoms with van der Waals surface area (Å²) < 4.78 is 5.64. The topological polar surface area (TPSA) is 152 Å². The monoisotopic (exact) mass is 454 g/mol. The number of carbonyl (C=O) groups excluding carboxylic acids is 1. The lowest BCUT2D eigenvalue weighted by molar-refractivity contribution is -0.118. The van der Waals surface area contributed by atoms with E-state index in [1.54, 1.807) is 36.5 Å². The molecule has 170 valence electrons. The first kappa shape index (κ1) is 22.3. The van der Waals surface area contributed by atoms with E-state index in [4.69, 9.17) is 15.9 Å². The van der Waals surface area contributed by atoms with Crippen LogP contribution in [0.5, 0.6) is 5.75 Å². The van der Waals surface area contributed by atoms with Crippen LogP contribution in [-0.4, -0.2) is 38.9 Å². The second kappa shape index (κ2) is 10.2. The van der Waals surface area contributed by atoms with Gasteiger partial charge in [-0.15, -0.1) is 0 Å². The van der Waals surface area contributed by atoms with Gasteiger partial charge in [-0.3, -0.25) is 4.79 Å². The van der Waals surface area contributed by atoms with E-state index in [0.717, 1.165) is 16.8 Å². The Morgan fingerprint density at radius 2 is 2.00 bits per heavy atom. The molecule has 0 aliphatic carbocycles. The molecule has 0 fully saturated rings. The normalized spacial score (nSPS) is 10.4. The fourth-order valence-corrected chi connectivity index (χ4v) is 3.06. The Hall–Kier alpha value is -4.86. The predicted octanol–water partition coefficient (Wildman–Crippen LogP) is 3.58. The van der Waals surface area contributed by atoms with E-state index in [2.05, 4.69) is 30.8 Å². The molecule has 0 aliphatic rings. The summed E-state index contributed by atoms with van der Waals surface area (Å²) in [6.07, 6.45) is 5.88. The van der Waals surface area contributed by atoms with Crippen molar-refractivity contribution in [2.45, 2.75) is 6.92 Å². The molecule has 0 radical (unpaired) electrons. The van der Waals surface area contributed by atoms with Gasteiger partial charge < -0.3 is 26.5 Å². The second-order valence-corrected chi connectivity index (χ2v) is 7.33. The molecule has 2 heterocycles. The van der Waals surface area contributed by atoms with E-state index < -0.39 is 0 Å². The van der Waals surface area contributed by atoms with Crippen LogP contribution in [0, 0.1) is 12.3 Å². The van der Waals surface area contributed by atoms with Crippen molar-refractivity contribution >= 4 is 35.0 Å². The third-order valence-electron chi connectivity index (χ3n) is 4.81. The van der Waals surface area contributed by atoms with Crippen molar-refractivity contribution in [1.29, 1.82) is 5.41 Å². The highest BCUT2D eigenvalue weighted by atomic mass is 16.5. The van der Waals surface area contributed by atoms with Crippen LogP contribution < -0.4 is 21.1 Å². The van der Waals surface area contributed by atoms with Gasteiger partial charge in [-0.05, 0) is 43.3 Å². The Balaban J connectivity index is 1.47. The summed E-state index contributed by atoms with van der Waals surface area (Å²) in [5.74, 6) is 1.31. The minimum Gasteiger partial charge on any atom is -0.484 e. The number of aryl methyl sites for hydroxylation is 1. The Bertz CT molecular complexity index is 1330. The Morgan fingerprint density at radius 3 is 2.79 bits per heavy atom. The zero-order valence-electron chi connectivity index (χ0n) is 18.3. The lowest BCUT2D eigenvalue weighted by atomic mass is 10.1. The third-order valence-corrected chi connectivity index (χ3v) is 4.81. The number of nitrogens with zero attached hydrogens (tertiary/aromatic N) is 4. The number of nitrogen functional groups attached to an aromatic ring is 1. The van der Waals surface area contributed by atoms with Gasteiger partial charge in [-0.2, -0.15) is 10.2 Å². The molecule has 4 aromatic rings. The first-order valence-corrected chi connectivity index (χ1v) is 10.3. The molecule has 10 nitrogen and oxygen atoms in total. The number of hydrogen-bond acceptors (Lipinski definition) is 9. The molecule has 2 aromatic carbocycles. The highest BCUT2D eigenvalue weighted by molar-refractivity contribution is 5.91. The van der Waals surface area contributed by atoms with Crippen LogP contribution in [0.15, 0.2) is 67.1 Å².